The van der Waals surface area contributed by atoms with Crippen molar-refractivity contribution in [2.75, 3.05) is 5.32 Å². The van der Waals surface area contributed by atoms with Crippen molar-refractivity contribution in [1.82, 2.24) is 0 Å². The summed E-state index contributed by atoms with van der Waals surface area (Å²) in [6, 6.07) is 1.18. The Labute approximate surface area is 107 Å². The fourth-order valence-corrected chi connectivity index (χ4v) is 1.26. The molecule has 0 atom stereocenters. The van der Waals surface area contributed by atoms with Crippen LogP contribution in [0.4, 0.5) is 24.5 Å². The van der Waals surface area contributed by atoms with Crippen molar-refractivity contribution in [3.8, 4) is 5.75 Å². The van der Waals surface area contributed by atoms with Gasteiger partial charge in [-0.1, -0.05) is 0 Å². The summed E-state index contributed by atoms with van der Waals surface area (Å²) >= 11 is 0. The minimum atomic E-state index is -5.35. The Balaban J connectivity index is 3.45. The van der Waals surface area contributed by atoms with Gasteiger partial charge in [-0.25, -0.2) is 4.79 Å². The largest absolute Gasteiger partial charge is 0.506 e. The highest BCUT2D eigenvalue weighted by Crippen LogP contribution is 2.35. The second-order valence-corrected chi connectivity index (χ2v) is 3.37. The molecule has 1 amide bonds. The van der Waals surface area contributed by atoms with Crippen molar-refractivity contribution in [1.29, 1.82) is 0 Å². The van der Waals surface area contributed by atoms with E-state index < -0.39 is 45.7 Å². The van der Waals surface area contributed by atoms with Crippen molar-refractivity contribution in [2.24, 2.45) is 0 Å². The summed E-state index contributed by atoms with van der Waals surface area (Å²) in [4.78, 5) is 31.0. The molecule has 1 aromatic carbocycles. The SMILES string of the molecule is O=C(O)c1c([N+](=O)[O-])ccc(O)c1NC(=O)C(F)(F)F. The number of carboxylic acid groups (broad SMARTS) is 1. The lowest BCUT2D eigenvalue weighted by Gasteiger charge is -2.12. The van der Waals surface area contributed by atoms with Gasteiger partial charge in [0.15, 0.2) is 5.56 Å². The van der Waals surface area contributed by atoms with Gasteiger partial charge in [0, 0.05) is 6.07 Å². The molecule has 0 unspecified atom stereocenters. The molecule has 1 rings (SSSR count). The number of amides is 1. The monoisotopic (exact) mass is 294 g/mol. The number of alkyl halides is 3. The first-order chi connectivity index (χ1) is 9.05. The highest BCUT2D eigenvalue weighted by molar-refractivity contribution is 6.06. The molecule has 0 radical (unpaired) electrons. The maximum absolute atomic E-state index is 12.1. The lowest BCUT2D eigenvalue weighted by Crippen LogP contribution is -2.30. The normalized spacial score (nSPS) is 10.9. The third kappa shape index (κ3) is 2.93. The number of phenolic OH excluding ortho intramolecular Hbond substituents is 1. The number of halogens is 3. The van der Waals surface area contributed by atoms with Crippen molar-refractivity contribution in [2.45, 2.75) is 6.18 Å². The smallest absolute Gasteiger partial charge is 0.471 e. The van der Waals surface area contributed by atoms with E-state index in [9.17, 15) is 38.0 Å². The molecule has 0 heterocycles. The Morgan fingerprint density at radius 3 is 2.25 bits per heavy atom. The van der Waals surface area contributed by atoms with Gasteiger partial charge in [0.25, 0.3) is 5.69 Å². The van der Waals surface area contributed by atoms with E-state index in [0.29, 0.717) is 12.1 Å². The van der Waals surface area contributed by atoms with Crippen molar-refractivity contribution < 1.29 is 37.9 Å². The van der Waals surface area contributed by atoms with Crippen LogP contribution in [0.3, 0.4) is 0 Å². The number of aromatic hydroxyl groups is 1. The summed E-state index contributed by atoms with van der Waals surface area (Å²) in [5, 5.41) is 29.8. The fourth-order valence-electron chi connectivity index (χ4n) is 1.26. The van der Waals surface area contributed by atoms with Gasteiger partial charge in [0.2, 0.25) is 0 Å². The molecule has 0 bridgehead atoms. The fraction of sp³-hybridized carbons (Fsp3) is 0.111. The minimum Gasteiger partial charge on any atom is -0.506 e. The van der Waals surface area contributed by atoms with Gasteiger partial charge in [0.05, 0.1) is 4.92 Å². The van der Waals surface area contributed by atoms with Crippen molar-refractivity contribution in [3.05, 3.63) is 27.8 Å². The predicted octanol–water partition coefficient (Wildman–Crippen LogP) is 1.50. The van der Waals surface area contributed by atoms with Crippen LogP contribution in [0.25, 0.3) is 0 Å². The van der Waals surface area contributed by atoms with Crippen LogP contribution in [0.1, 0.15) is 10.4 Å². The molecule has 0 aliphatic carbocycles. The molecule has 3 N–H and O–H groups in total. The topological polar surface area (TPSA) is 130 Å². The number of rotatable bonds is 3. The number of aromatic carboxylic acids is 1. The van der Waals surface area contributed by atoms with E-state index in [1.807, 2.05) is 0 Å². The van der Waals surface area contributed by atoms with Crippen LogP contribution in [0, 0.1) is 10.1 Å². The van der Waals surface area contributed by atoms with Crippen LogP contribution >= 0.6 is 0 Å². The van der Waals surface area contributed by atoms with E-state index in [2.05, 4.69) is 0 Å². The number of nitro groups is 1. The molecule has 0 aliphatic heterocycles. The quantitative estimate of drug-likeness (QED) is 0.440. The standard InChI is InChI=1S/C9H5F3N2O6/c10-9(11,12)8(18)13-6-4(15)2-1-3(14(19)20)5(6)7(16)17/h1-2,15H,(H,13,18)(H,16,17). The zero-order chi connectivity index (χ0) is 15.7. The molecular formula is C9H5F3N2O6. The second-order valence-electron chi connectivity index (χ2n) is 3.37. The third-order valence-corrected chi connectivity index (χ3v) is 2.07. The Morgan fingerprint density at radius 1 is 1.30 bits per heavy atom. The summed E-state index contributed by atoms with van der Waals surface area (Å²) in [5.74, 6) is -5.61. The molecule has 0 saturated carbocycles. The van der Waals surface area contributed by atoms with Crippen LogP contribution < -0.4 is 5.32 Å². The number of nitrogens with zero attached hydrogens (tertiary/aromatic N) is 1. The summed E-state index contributed by atoms with van der Waals surface area (Å²) in [6.45, 7) is 0. The second kappa shape index (κ2) is 5.03. The van der Waals surface area contributed by atoms with Crippen LogP contribution in [-0.4, -0.2) is 33.2 Å². The number of phenols is 1. The van der Waals surface area contributed by atoms with Crippen LogP contribution in [0.2, 0.25) is 0 Å². The van der Waals surface area contributed by atoms with Gasteiger partial charge in [-0.2, -0.15) is 13.2 Å². The molecule has 0 saturated heterocycles. The molecule has 0 spiro atoms. The van der Waals surface area contributed by atoms with Gasteiger partial charge in [0.1, 0.15) is 11.4 Å². The lowest BCUT2D eigenvalue weighted by molar-refractivity contribution is -0.385. The molecular weight excluding hydrogens is 289 g/mol. The van der Waals surface area contributed by atoms with E-state index in [-0.39, 0.29) is 0 Å². The Hall–Kier alpha value is -2.85. The first-order valence-electron chi connectivity index (χ1n) is 4.67. The molecule has 0 aromatic heterocycles. The number of nitro benzene ring substituents is 1. The summed E-state index contributed by atoms with van der Waals surface area (Å²) < 4.78 is 36.3. The lowest BCUT2D eigenvalue weighted by atomic mass is 10.1. The molecule has 8 nitrogen and oxygen atoms in total. The Kier molecular flexibility index (Phi) is 3.82. The first kappa shape index (κ1) is 15.2. The number of carbonyl (C=O) groups excluding carboxylic acids is 1. The number of nitrogens with one attached hydrogen (secondary N) is 1. The van der Waals surface area contributed by atoms with E-state index in [0.717, 1.165) is 5.32 Å². The molecule has 11 heteroatoms. The Bertz CT molecular complexity index is 598. The molecule has 108 valence electrons. The number of carbonyl (C=O) groups is 2. The first-order valence-corrected chi connectivity index (χ1v) is 4.67. The molecule has 0 aliphatic rings. The Morgan fingerprint density at radius 2 is 1.85 bits per heavy atom. The average molecular weight is 294 g/mol. The summed E-state index contributed by atoms with van der Waals surface area (Å²) in [6.07, 6.45) is -5.35. The average Bonchev–Trinajstić information content (AvgIpc) is 2.29. The number of carboxylic acids is 1. The maximum atomic E-state index is 12.1. The molecule has 0 fully saturated rings. The molecule has 20 heavy (non-hydrogen) atoms. The van der Waals surface area contributed by atoms with Crippen LogP contribution in [0.5, 0.6) is 5.75 Å². The van der Waals surface area contributed by atoms with Gasteiger partial charge in [-0.15, -0.1) is 0 Å². The molecule has 1 aromatic rings. The zero-order valence-corrected chi connectivity index (χ0v) is 9.26. The van der Waals surface area contributed by atoms with E-state index in [4.69, 9.17) is 5.11 Å². The van der Waals surface area contributed by atoms with Crippen LogP contribution in [0.15, 0.2) is 12.1 Å². The minimum absolute atomic E-state index is 0.585. The van der Waals surface area contributed by atoms with E-state index in [1.54, 1.807) is 0 Å². The van der Waals surface area contributed by atoms with Gasteiger partial charge in [-0.05, 0) is 6.07 Å². The number of hydrogen-bond acceptors (Lipinski definition) is 5. The van der Waals surface area contributed by atoms with Crippen molar-refractivity contribution in [3.63, 3.8) is 0 Å². The van der Waals surface area contributed by atoms with Crippen LogP contribution in [-0.2, 0) is 4.79 Å². The van der Waals surface area contributed by atoms with Gasteiger partial charge in [-0.3, -0.25) is 14.9 Å². The number of hydrogen-bond donors (Lipinski definition) is 3. The predicted molar refractivity (Wildman–Crippen MR) is 56.4 cm³/mol. The maximum Gasteiger partial charge on any atom is 0.471 e. The van der Waals surface area contributed by atoms with E-state index in [1.165, 1.54) is 0 Å². The van der Waals surface area contributed by atoms with Gasteiger partial charge < -0.3 is 15.5 Å². The zero-order valence-electron chi connectivity index (χ0n) is 9.26. The third-order valence-electron chi connectivity index (χ3n) is 2.07. The van der Waals surface area contributed by atoms with E-state index >= 15 is 0 Å². The van der Waals surface area contributed by atoms with Crippen molar-refractivity contribution >= 4 is 23.3 Å². The highest BCUT2D eigenvalue weighted by Gasteiger charge is 2.40. The highest BCUT2D eigenvalue weighted by atomic mass is 19.4. The number of anilines is 1. The number of benzene rings is 1. The summed E-state index contributed by atoms with van der Waals surface area (Å²) in [5.41, 5.74) is -3.53. The summed E-state index contributed by atoms with van der Waals surface area (Å²) in [7, 11) is 0. The van der Waals surface area contributed by atoms with Gasteiger partial charge >= 0.3 is 18.1 Å².